The summed E-state index contributed by atoms with van der Waals surface area (Å²) in [4.78, 5) is 33.4. The molecule has 2 aromatic rings. The van der Waals surface area contributed by atoms with Crippen LogP contribution < -0.4 is 5.56 Å². The smallest absolute Gasteiger partial charge is 0.284 e. The van der Waals surface area contributed by atoms with E-state index in [1.807, 2.05) is 43.8 Å². The van der Waals surface area contributed by atoms with Gasteiger partial charge in [-0.1, -0.05) is 48.7 Å². The second-order valence-electron chi connectivity index (χ2n) is 7.48. The molecule has 10 heteroatoms. The highest BCUT2D eigenvalue weighted by Crippen LogP contribution is 2.38. The lowest BCUT2D eigenvalue weighted by molar-refractivity contribution is 0.112. The monoisotopic (exact) mass is 477 g/mol. The second-order valence-corrected chi connectivity index (χ2v) is 8.67. The van der Waals surface area contributed by atoms with Gasteiger partial charge in [-0.25, -0.2) is 9.67 Å². The normalized spacial score (nSPS) is 11.6. The fraction of sp³-hybridized carbons (Fsp3) is 0.238. The molecule has 3 heterocycles. The van der Waals surface area contributed by atoms with E-state index in [1.165, 1.54) is 10.7 Å². The Hall–Kier alpha value is -2.61. The Morgan fingerprint density at radius 3 is 2.55 bits per heavy atom. The van der Waals surface area contributed by atoms with E-state index in [4.69, 9.17) is 34.8 Å². The number of nitrogens with zero attached hydrogens (tertiary/aromatic N) is 4. The van der Waals surface area contributed by atoms with Crippen molar-refractivity contribution in [2.24, 2.45) is 7.05 Å². The number of carbonyl (C=O) groups excluding carboxylic acids is 1. The van der Waals surface area contributed by atoms with Crippen LogP contribution in [-0.4, -0.2) is 30.6 Å². The number of aryl methyl sites for hydroxylation is 1. The summed E-state index contributed by atoms with van der Waals surface area (Å²) in [6.07, 6.45) is 2.85. The summed E-state index contributed by atoms with van der Waals surface area (Å²) in [5.74, 6) is 0.657. The Kier molecular flexibility index (Phi) is 5.68. The third-order valence-electron chi connectivity index (χ3n) is 5.11. The van der Waals surface area contributed by atoms with Crippen molar-refractivity contribution in [1.29, 1.82) is 0 Å². The number of aldehydes is 1. The molecule has 1 aromatic carbocycles. The first kappa shape index (κ1) is 21.6. The number of hydrogen-bond acceptors (Lipinski definition) is 4. The Balaban J connectivity index is 2.01. The summed E-state index contributed by atoms with van der Waals surface area (Å²) in [6.45, 7) is 3.88. The van der Waals surface area contributed by atoms with Gasteiger partial charge in [0, 0.05) is 25.4 Å². The Morgan fingerprint density at radius 2 is 1.94 bits per heavy atom. The maximum absolute atomic E-state index is 13.0. The maximum Gasteiger partial charge on any atom is 0.284 e. The van der Waals surface area contributed by atoms with E-state index >= 15 is 0 Å². The molecule has 160 valence electrons. The van der Waals surface area contributed by atoms with E-state index in [1.54, 1.807) is 0 Å². The van der Waals surface area contributed by atoms with Crippen molar-refractivity contribution >= 4 is 41.1 Å². The topological polar surface area (TPSA) is 85.6 Å². The minimum atomic E-state index is -0.398. The van der Waals surface area contributed by atoms with E-state index in [9.17, 15) is 9.59 Å². The van der Waals surface area contributed by atoms with Crippen LogP contribution in [0.3, 0.4) is 0 Å². The number of aromatic nitrogens is 5. The van der Waals surface area contributed by atoms with Crippen molar-refractivity contribution in [2.45, 2.75) is 26.2 Å². The molecule has 7 nitrogen and oxygen atoms in total. The summed E-state index contributed by atoms with van der Waals surface area (Å²) in [6, 6.07) is 5.28. The summed E-state index contributed by atoms with van der Waals surface area (Å²) < 4.78 is 3.46. The van der Waals surface area contributed by atoms with Gasteiger partial charge < -0.3 is 4.57 Å². The van der Waals surface area contributed by atoms with Gasteiger partial charge in [0.25, 0.3) is 5.56 Å². The highest BCUT2D eigenvalue weighted by Gasteiger charge is 2.28. The molecular formula is C21H18Cl3N5O2. The predicted molar refractivity (Wildman–Crippen MR) is 121 cm³/mol. The number of nitrogens with one attached hydrogen (secondary N) is 1. The molecule has 31 heavy (non-hydrogen) atoms. The van der Waals surface area contributed by atoms with Crippen LogP contribution in [0, 0.1) is 0 Å². The van der Waals surface area contributed by atoms with Crippen molar-refractivity contribution < 1.29 is 4.79 Å². The van der Waals surface area contributed by atoms with E-state index in [0.717, 1.165) is 5.69 Å². The zero-order valence-electron chi connectivity index (χ0n) is 16.9. The number of H-pyrrole nitrogens is 1. The van der Waals surface area contributed by atoms with E-state index in [0.29, 0.717) is 35.6 Å². The van der Waals surface area contributed by atoms with Gasteiger partial charge in [-0.15, -0.1) is 0 Å². The van der Waals surface area contributed by atoms with Crippen molar-refractivity contribution in [3.8, 4) is 17.1 Å². The third kappa shape index (κ3) is 3.67. The van der Waals surface area contributed by atoms with E-state index in [2.05, 4.69) is 15.1 Å². The van der Waals surface area contributed by atoms with Crippen molar-refractivity contribution in [1.82, 2.24) is 24.3 Å². The molecular weight excluding hydrogens is 461 g/mol. The summed E-state index contributed by atoms with van der Waals surface area (Å²) in [5, 5.41) is 3.58. The first-order chi connectivity index (χ1) is 14.7. The number of rotatable bonds is 5. The summed E-state index contributed by atoms with van der Waals surface area (Å²) >= 11 is 19.1. The largest absolute Gasteiger partial charge is 0.354 e. The summed E-state index contributed by atoms with van der Waals surface area (Å²) in [5.41, 5.74) is 1.93. The van der Waals surface area contributed by atoms with Crippen LogP contribution in [0.15, 0.2) is 29.2 Å². The highest BCUT2D eigenvalue weighted by molar-refractivity contribution is 6.43. The van der Waals surface area contributed by atoms with Crippen LogP contribution in [0.2, 0.25) is 15.1 Å². The Labute approximate surface area is 192 Å². The first-order valence-corrected chi connectivity index (χ1v) is 10.6. The molecule has 0 saturated heterocycles. The maximum atomic E-state index is 13.0. The minimum absolute atomic E-state index is 0.0332. The van der Waals surface area contributed by atoms with Gasteiger partial charge in [0.05, 0.1) is 26.3 Å². The molecule has 2 aliphatic rings. The lowest BCUT2D eigenvalue weighted by atomic mass is 10.1. The predicted octanol–water partition coefficient (Wildman–Crippen LogP) is 4.89. The van der Waals surface area contributed by atoms with Gasteiger partial charge in [0.1, 0.15) is 17.1 Å². The van der Waals surface area contributed by atoms with Crippen LogP contribution in [-0.2, 0) is 13.5 Å². The van der Waals surface area contributed by atoms with Gasteiger partial charge in [-0.05, 0) is 24.1 Å². The molecule has 1 N–H and O–H groups in total. The zero-order chi connectivity index (χ0) is 22.4. The van der Waals surface area contributed by atoms with E-state index in [-0.39, 0.29) is 32.2 Å². The average Bonchev–Trinajstić information content (AvgIpc) is 3.26. The van der Waals surface area contributed by atoms with Crippen LogP contribution in [0.5, 0.6) is 0 Å². The highest BCUT2D eigenvalue weighted by atomic mass is 35.5. The molecule has 0 amide bonds. The van der Waals surface area contributed by atoms with Crippen molar-refractivity contribution in [2.75, 3.05) is 0 Å². The Morgan fingerprint density at radius 1 is 1.19 bits per heavy atom. The molecule has 1 aromatic heterocycles. The summed E-state index contributed by atoms with van der Waals surface area (Å²) in [7, 11) is 1.91. The molecule has 0 fully saturated rings. The fourth-order valence-corrected chi connectivity index (χ4v) is 4.53. The molecule has 0 atom stereocenters. The standard InChI is InChI=1S/C21H18Cl3N5O2/c1-10(2)18-16-20(25-15(26-21(16)31)7-11-5-4-6-28(11)3)29(27-18)19-14(23)8-13(22)12(9-30)17(19)24/h4-6,8-10,27H,7H2,1-3H3. The second kappa shape index (κ2) is 8.15. The number of carbonyl (C=O) groups is 1. The van der Waals surface area contributed by atoms with Gasteiger partial charge in [-0.2, -0.15) is 4.98 Å². The SMILES string of the molecule is CC(C)c1[nH]n(-c2c(Cl)cc(Cl)c(C=O)c2Cl)c2nc(Cc3cccn3C)nc(=O)c1-2. The van der Waals surface area contributed by atoms with Crippen LogP contribution in [0.25, 0.3) is 17.1 Å². The number of hydrogen-bond donors (Lipinski definition) is 1. The quantitative estimate of drug-likeness (QED) is 0.414. The van der Waals surface area contributed by atoms with E-state index < -0.39 is 5.56 Å². The lowest BCUT2D eigenvalue weighted by Gasteiger charge is -2.13. The molecule has 0 aliphatic carbocycles. The van der Waals surface area contributed by atoms with Crippen LogP contribution in [0.4, 0.5) is 0 Å². The average molecular weight is 479 g/mol. The molecule has 0 unspecified atom stereocenters. The Bertz CT molecular complexity index is 1340. The molecule has 0 saturated carbocycles. The molecule has 0 spiro atoms. The fourth-order valence-electron chi connectivity index (χ4n) is 3.51. The van der Waals surface area contributed by atoms with Gasteiger partial charge in [-0.3, -0.25) is 14.7 Å². The van der Waals surface area contributed by atoms with Gasteiger partial charge >= 0.3 is 0 Å². The number of aromatic amines is 1. The zero-order valence-corrected chi connectivity index (χ0v) is 19.2. The first-order valence-electron chi connectivity index (χ1n) is 9.47. The molecule has 2 aliphatic heterocycles. The minimum Gasteiger partial charge on any atom is -0.354 e. The van der Waals surface area contributed by atoms with Crippen LogP contribution >= 0.6 is 34.8 Å². The third-order valence-corrected chi connectivity index (χ3v) is 6.09. The molecule has 4 rings (SSSR count). The lowest BCUT2D eigenvalue weighted by Crippen LogP contribution is -2.18. The van der Waals surface area contributed by atoms with Crippen molar-refractivity contribution in [3.63, 3.8) is 0 Å². The number of fused-ring (bicyclic) bond motifs is 1. The van der Waals surface area contributed by atoms with Gasteiger partial charge in [0.15, 0.2) is 12.1 Å². The number of benzene rings is 1. The van der Waals surface area contributed by atoms with Crippen LogP contribution in [0.1, 0.15) is 47.3 Å². The number of halogens is 3. The molecule has 0 radical (unpaired) electrons. The molecule has 0 bridgehead atoms. The van der Waals surface area contributed by atoms with Gasteiger partial charge in [0.2, 0.25) is 0 Å². The van der Waals surface area contributed by atoms with Crippen molar-refractivity contribution in [3.05, 3.63) is 72.6 Å².